The molecule has 0 spiro atoms. The van der Waals surface area contributed by atoms with Gasteiger partial charge in [0.05, 0.1) is 6.20 Å². The second kappa shape index (κ2) is 15.4. The van der Waals surface area contributed by atoms with E-state index in [0.29, 0.717) is 25.1 Å². The van der Waals surface area contributed by atoms with Crippen molar-refractivity contribution in [3.63, 3.8) is 0 Å². The van der Waals surface area contributed by atoms with Crippen molar-refractivity contribution in [1.29, 1.82) is 0 Å². The number of unbranched alkanes of at least 4 members (excludes halogenated alkanes) is 7. The number of aromatic amines is 1. The lowest BCUT2D eigenvalue weighted by Gasteiger charge is -2.32. The number of nitrogens with two attached hydrogens (primary N) is 1. The summed E-state index contributed by atoms with van der Waals surface area (Å²) in [6.45, 7) is 10.8. The minimum Gasteiger partial charge on any atom is -0.346 e. The number of aryl methyl sites for hydroxylation is 1. The van der Waals surface area contributed by atoms with Crippen LogP contribution in [-0.4, -0.2) is 85.6 Å². The summed E-state index contributed by atoms with van der Waals surface area (Å²) in [7, 11) is 0. The average molecular weight is 691 g/mol. The number of aromatic nitrogens is 5. The number of nitrogens with one attached hydrogen (secondary N) is 1. The highest BCUT2D eigenvalue weighted by Crippen LogP contribution is 2.49. The molecule has 0 aliphatic carbocycles. The van der Waals surface area contributed by atoms with E-state index in [2.05, 4.69) is 22.2 Å². The Bertz CT molecular complexity index is 1490. The zero-order chi connectivity index (χ0) is 34.8. The maximum absolute atomic E-state index is 12.9. The Kier molecular flexibility index (Phi) is 11.4. The highest BCUT2D eigenvalue weighted by molar-refractivity contribution is 5.10. The van der Waals surface area contributed by atoms with Gasteiger partial charge in [-0.05, 0) is 33.1 Å². The third kappa shape index (κ3) is 7.74. The quantitative estimate of drug-likeness (QED) is 0.232. The van der Waals surface area contributed by atoms with Crippen LogP contribution in [0.1, 0.15) is 117 Å². The van der Waals surface area contributed by atoms with Crippen LogP contribution < -0.4 is 17.0 Å². The fourth-order valence-corrected chi connectivity index (χ4v) is 7.49. The molecule has 4 aliphatic rings. The molecule has 15 nitrogen and oxygen atoms in total. The summed E-state index contributed by atoms with van der Waals surface area (Å²) in [6, 6.07) is 1.27. The molecule has 4 fully saturated rings. The van der Waals surface area contributed by atoms with Gasteiger partial charge >= 0.3 is 5.69 Å². The molecule has 49 heavy (non-hydrogen) atoms. The third-order valence-electron chi connectivity index (χ3n) is 10.1. The van der Waals surface area contributed by atoms with Gasteiger partial charge in [-0.2, -0.15) is 0 Å². The molecule has 15 heteroatoms. The smallest absolute Gasteiger partial charge is 0.330 e. The molecule has 2 aromatic rings. The van der Waals surface area contributed by atoms with Crippen molar-refractivity contribution in [3.8, 4) is 0 Å². The second-order valence-corrected chi connectivity index (χ2v) is 14.1. The number of hydrogen-bond acceptors (Lipinski definition) is 12. The minimum absolute atomic E-state index is 0.223. The lowest BCUT2D eigenvalue weighted by Crippen LogP contribution is -2.40. The first-order valence-corrected chi connectivity index (χ1v) is 18.2. The van der Waals surface area contributed by atoms with Crippen molar-refractivity contribution < 1.29 is 33.2 Å². The van der Waals surface area contributed by atoms with Gasteiger partial charge < -0.3 is 38.9 Å². The fraction of sp³-hybridized carbons (Fsp3) is 0.824. The van der Waals surface area contributed by atoms with Crippen molar-refractivity contribution in [2.24, 2.45) is 5.73 Å². The molecule has 6 heterocycles. The fourth-order valence-electron chi connectivity index (χ4n) is 7.49. The van der Waals surface area contributed by atoms with Crippen LogP contribution in [0, 0.1) is 0 Å². The van der Waals surface area contributed by atoms with Gasteiger partial charge in [-0.1, -0.05) is 70.9 Å². The Morgan fingerprint density at radius 1 is 0.918 bits per heavy atom. The van der Waals surface area contributed by atoms with Crippen LogP contribution in [-0.2, 0) is 39.7 Å². The Morgan fingerprint density at radius 2 is 1.61 bits per heavy atom. The van der Waals surface area contributed by atoms with E-state index in [-0.39, 0.29) is 6.54 Å². The largest absolute Gasteiger partial charge is 0.346 e. The lowest BCUT2D eigenvalue weighted by molar-refractivity contribution is -0.274. The van der Waals surface area contributed by atoms with E-state index in [1.807, 2.05) is 24.7 Å². The van der Waals surface area contributed by atoms with Crippen LogP contribution >= 0.6 is 0 Å². The predicted octanol–water partition coefficient (Wildman–Crippen LogP) is 3.43. The molecule has 0 bridgehead atoms. The molecule has 2 aromatic heterocycles. The van der Waals surface area contributed by atoms with Gasteiger partial charge in [0.1, 0.15) is 48.4 Å². The van der Waals surface area contributed by atoms with Crippen LogP contribution in [0.15, 0.2) is 28.0 Å². The number of hydrogen-bond donors (Lipinski definition) is 2. The zero-order valence-electron chi connectivity index (χ0n) is 29.5. The topological polar surface area (TPSA) is 176 Å². The third-order valence-corrected chi connectivity index (χ3v) is 10.1. The maximum Gasteiger partial charge on any atom is 0.330 e. The Hall–Kier alpha value is -2.50. The summed E-state index contributed by atoms with van der Waals surface area (Å²) in [4.78, 5) is 27.1. The second-order valence-electron chi connectivity index (χ2n) is 14.1. The van der Waals surface area contributed by atoms with E-state index < -0.39 is 78.1 Å². The van der Waals surface area contributed by atoms with E-state index in [4.69, 9.17) is 38.9 Å². The molecule has 0 saturated carbocycles. The van der Waals surface area contributed by atoms with E-state index in [1.165, 1.54) is 55.4 Å². The van der Waals surface area contributed by atoms with Crippen LogP contribution in [0.2, 0.25) is 0 Å². The average Bonchev–Trinajstić information content (AvgIpc) is 3.89. The molecule has 3 N–H and O–H groups in total. The monoisotopic (exact) mass is 690 g/mol. The summed E-state index contributed by atoms with van der Waals surface area (Å²) >= 11 is 0. The maximum atomic E-state index is 12.9. The summed E-state index contributed by atoms with van der Waals surface area (Å²) in [5, 5.41) is 9.01. The Balaban J connectivity index is 1.26. The minimum atomic E-state index is -0.982. The van der Waals surface area contributed by atoms with E-state index in [1.54, 1.807) is 13.8 Å². The van der Waals surface area contributed by atoms with Gasteiger partial charge in [-0.25, -0.2) is 4.79 Å². The summed E-state index contributed by atoms with van der Waals surface area (Å²) in [5.74, 6) is -1.75. The van der Waals surface area contributed by atoms with E-state index >= 15 is 0 Å². The SMILES string of the molecule is CCCCCCCCCCn1cc([C@H](O[C@@H]2O[C@H](CN)[C@H]3OC(CC)(CC)O[C@@H]23)[C@H]2O[C@@H](n3ccc(=O)[nH]c3=O)[C@@H]3OC(C)(C)O[C@@H]32)nn1. The zero-order valence-corrected chi connectivity index (χ0v) is 29.5. The normalized spacial score (nSPS) is 32.0. The molecular formula is C34H54N6O9. The van der Waals surface area contributed by atoms with E-state index in [0.717, 1.165) is 12.8 Å². The lowest BCUT2D eigenvalue weighted by atomic mass is 10.0. The standard InChI is InChI=1S/C34H54N6O9/c1-6-9-10-11-12-13-14-15-17-39-20-21(37-38-39)24(45-31-29-25(22(19-35)43-31)48-34(7-2,8-3)49-29)26-27-28(47-33(4,5)46-27)30(44-26)40-18-16-23(41)36-32(40)42/h16,18,20,22,24-31H,6-15,17,19,35H2,1-5H3,(H,36,41,42)/t22-,24+,25-,26-,27-,28-,29-,30-,31+/m1/s1. The number of H-pyrrole nitrogens is 1. The molecule has 0 amide bonds. The molecule has 4 aliphatic heterocycles. The van der Waals surface area contributed by atoms with Crippen molar-refractivity contribution >= 4 is 0 Å². The van der Waals surface area contributed by atoms with Gasteiger partial charge in [0.2, 0.25) is 0 Å². The summed E-state index contributed by atoms with van der Waals surface area (Å²) in [6.07, 6.45) is 7.97. The van der Waals surface area contributed by atoms with Crippen molar-refractivity contribution in [2.75, 3.05) is 6.54 Å². The first-order valence-electron chi connectivity index (χ1n) is 18.2. The molecular weight excluding hydrogens is 636 g/mol. The van der Waals surface area contributed by atoms with Crippen molar-refractivity contribution in [1.82, 2.24) is 24.5 Å². The Morgan fingerprint density at radius 3 is 2.31 bits per heavy atom. The van der Waals surface area contributed by atoms with Gasteiger partial charge in [-0.15, -0.1) is 5.10 Å². The summed E-state index contributed by atoms with van der Waals surface area (Å²) < 4.78 is 48.5. The first kappa shape index (κ1) is 36.3. The van der Waals surface area contributed by atoms with E-state index in [9.17, 15) is 9.59 Å². The highest BCUT2D eigenvalue weighted by Gasteiger charge is 2.62. The van der Waals surface area contributed by atoms with Crippen LogP contribution in [0.4, 0.5) is 0 Å². The highest BCUT2D eigenvalue weighted by atomic mass is 16.8. The number of fused-ring (bicyclic) bond motifs is 2. The van der Waals surface area contributed by atoms with Gasteiger partial charge in [0, 0.05) is 25.4 Å². The first-order chi connectivity index (χ1) is 23.6. The number of ether oxygens (including phenoxy) is 7. The van der Waals surface area contributed by atoms with Gasteiger partial charge in [0.25, 0.3) is 5.56 Å². The number of nitrogens with zero attached hydrogens (tertiary/aromatic N) is 4. The van der Waals surface area contributed by atoms with Gasteiger partial charge in [0.15, 0.2) is 24.1 Å². The molecule has 4 saturated heterocycles. The molecule has 0 aromatic carbocycles. The molecule has 6 rings (SSSR count). The summed E-state index contributed by atoms with van der Waals surface area (Å²) in [5.41, 5.74) is 5.51. The molecule has 0 radical (unpaired) electrons. The van der Waals surface area contributed by atoms with Crippen LogP contribution in [0.3, 0.4) is 0 Å². The van der Waals surface area contributed by atoms with Crippen LogP contribution in [0.5, 0.6) is 0 Å². The molecule has 274 valence electrons. The van der Waals surface area contributed by atoms with Crippen molar-refractivity contribution in [3.05, 3.63) is 45.0 Å². The molecule has 0 unspecified atom stereocenters. The number of rotatable bonds is 17. The van der Waals surface area contributed by atoms with Gasteiger partial charge in [-0.3, -0.25) is 19.0 Å². The Labute approximate surface area is 287 Å². The van der Waals surface area contributed by atoms with Crippen LogP contribution in [0.25, 0.3) is 0 Å². The van der Waals surface area contributed by atoms with Crippen molar-refractivity contribution in [2.45, 2.75) is 172 Å². The molecule has 9 atom stereocenters. The predicted molar refractivity (Wildman–Crippen MR) is 176 cm³/mol.